The van der Waals surface area contributed by atoms with Gasteiger partial charge in [0.15, 0.2) is 0 Å². The van der Waals surface area contributed by atoms with E-state index in [0.717, 1.165) is 31.5 Å². The van der Waals surface area contributed by atoms with Crippen LogP contribution in [-0.4, -0.2) is 65.1 Å². The van der Waals surface area contributed by atoms with Crippen LogP contribution in [0.3, 0.4) is 0 Å². The Labute approximate surface area is 181 Å². The van der Waals surface area contributed by atoms with Gasteiger partial charge in [-0.1, -0.05) is 5.21 Å². The van der Waals surface area contributed by atoms with Gasteiger partial charge in [-0.05, 0) is 37.3 Å². The molecule has 31 heavy (non-hydrogen) atoms. The number of aromatic nitrogens is 3. The molecule has 166 valence electrons. The fourth-order valence-electron chi connectivity index (χ4n) is 4.14. The molecule has 1 saturated heterocycles. The molecule has 4 bridgehead atoms. The SMILES string of the molecule is COc1ccc2c(c1)OCCn1cc(nn1)CCC(=O)NCCC1CCCN(C1)C2=O. The van der Waals surface area contributed by atoms with Gasteiger partial charge in [0.1, 0.15) is 18.1 Å². The standard InChI is InChI=1S/C22H29N5O4/c1-30-18-5-6-19-20(13-18)31-12-11-27-15-17(24-25-27)4-7-21(28)23-9-8-16-3-2-10-26(14-16)22(19)29/h5-6,13,15-16H,2-4,7-12,14H2,1H3,(H,23,28). The first kappa shape index (κ1) is 21.1. The van der Waals surface area contributed by atoms with E-state index in [0.29, 0.717) is 62.1 Å². The van der Waals surface area contributed by atoms with Gasteiger partial charge in [-0.3, -0.25) is 9.59 Å². The van der Waals surface area contributed by atoms with Crippen molar-refractivity contribution < 1.29 is 19.1 Å². The summed E-state index contributed by atoms with van der Waals surface area (Å²) in [5, 5.41) is 11.2. The van der Waals surface area contributed by atoms with E-state index in [4.69, 9.17) is 9.47 Å². The number of fused-ring (bicyclic) bond motifs is 5. The van der Waals surface area contributed by atoms with Crippen LogP contribution in [0, 0.1) is 5.92 Å². The quantitative estimate of drug-likeness (QED) is 0.743. The second-order valence-corrected chi connectivity index (χ2v) is 8.08. The van der Waals surface area contributed by atoms with Crippen molar-refractivity contribution in [3.63, 3.8) is 0 Å². The van der Waals surface area contributed by atoms with Crippen molar-refractivity contribution in [2.24, 2.45) is 5.92 Å². The van der Waals surface area contributed by atoms with Gasteiger partial charge in [0.25, 0.3) is 5.91 Å². The number of benzene rings is 1. The van der Waals surface area contributed by atoms with Crippen molar-refractivity contribution >= 4 is 11.8 Å². The highest BCUT2D eigenvalue weighted by atomic mass is 16.5. The number of piperidine rings is 1. The highest BCUT2D eigenvalue weighted by molar-refractivity contribution is 5.97. The van der Waals surface area contributed by atoms with Crippen LogP contribution in [0.15, 0.2) is 24.4 Å². The van der Waals surface area contributed by atoms with Crippen LogP contribution in [0.2, 0.25) is 0 Å². The molecule has 1 unspecified atom stereocenters. The fraction of sp³-hybridized carbons (Fsp3) is 0.545. The minimum Gasteiger partial charge on any atom is -0.497 e. The number of ether oxygens (including phenoxy) is 2. The topological polar surface area (TPSA) is 98.6 Å². The number of hydrogen-bond acceptors (Lipinski definition) is 6. The summed E-state index contributed by atoms with van der Waals surface area (Å²) in [5.74, 6) is 1.52. The maximum atomic E-state index is 13.3. The third-order valence-electron chi connectivity index (χ3n) is 5.87. The highest BCUT2D eigenvalue weighted by Gasteiger charge is 2.26. The van der Waals surface area contributed by atoms with Crippen LogP contribution in [-0.2, 0) is 17.8 Å². The Morgan fingerprint density at radius 2 is 2.10 bits per heavy atom. The van der Waals surface area contributed by atoms with Crippen LogP contribution < -0.4 is 14.8 Å². The minimum absolute atomic E-state index is 0.0191. The van der Waals surface area contributed by atoms with E-state index < -0.39 is 0 Å². The van der Waals surface area contributed by atoms with Crippen molar-refractivity contribution in [1.29, 1.82) is 0 Å². The number of nitrogens with zero attached hydrogens (tertiary/aromatic N) is 4. The predicted octanol–water partition coefficient (Wildman–Crippen LogP) is 1.67. The van der Waals surface area contributed by atoms with Crippen LogP contribution >= 0.6 is 0 Å². The second kappa shape index (κ2) is 9.80. The summed E-state index contributed by atoms with van der Waals surface area (Å²) in [4.78, 5) is 27.3. The molecule has 1 fully saturated rings. The van der Waals surface area contributed by atoms with E-state index in [-0.39, 0.29) is 11.8 Å². The molecule has 0 radical (unpaired) electrons. The molecule has 1 atom stereocenters. The molecule has 1 aromatic carbocycles. The summed E-state index contributed by atoms with van der Waals surface area (Å²) in [6.07, 6.45) is 5.65. The van der Waals surface area contributed by atoms with Gasteiger partial charge in [0.05, 0.1) is 24.9 Å². The van der Waals surface area contributed by atoms with Crippen molar-refractivity contribution in [2.45, 2.75) is 38.6 Å². The van der Waals surface area contributed by atoms with E-state index in [2.05, 4.69) is 15.6 Å². The molecular weight excluding hydrogens is 398 g/mol. The zero-order chi connectivity index (χ0) is 21.6. The van der Waals surface area contributed by atoms with Gasteiger partial charge in [-0.2, -0.15) is 0 Å². The van der Waals surface area contributed by atoms with Crippen LogP contribution in [0.5, 0.6) is 11.5 Å². The average Bonchev–Trinajstić information content (AvgIpc) is 3.24. The molecule has 4 rings (SSSR count). The molecule has 9 heteroatoms. The molecule has 9 nitrogen and oxygen atoms in total. The molecule has 2 aliphatic heterocycles. The van der Waals surface area contributed by atoms with Crippen molar-refractivity contribution in [3.8, 4) is 11.5 Å². The Morgan fingerprint density at radius 3 is 2.97 bits per heavy atom. The van der Waals surface area contributed by atoms with E-state index in [1.165, 1.54) is 0 Å². The Balaban J connectivity index is 1.57. The number of carbonyl (C=O) groups is 2. The lowest BCUT2D eigenvalue weighted by atomic mass is 9.94. The Hall–Kier alpha value is -3.10. The lowest BCUT2D eigenvalue weighted by Gasteiger charge is -2.33. The van der Waals surface area contributed by atoms with Gasteiger partial charge in [-0.25, -0.2) is 4.68 Å². The molecule has 0 saturated carbocycles. The Kier molecular flexibility index (Phi) is 6.69. The third-order valence-corrected chi connectivity index (χ3v) is 5.87. The number of methoxy groups -OCH3 is 1. The molecule has 2 aromatic rings. The molecule has 2 amide bonds. The zero-order valence-corrected chi connectivity index (χ0v) is 17.9. The molecule has 2 aliphatic rings. The number of nitrogens with one attached hydrogen (secondary N) is 1. The molecular formula is C22H29N5O4. The van der Waals surface area contributed by atoms with Crippen LogP contribution in [0.25, 0.3) is 0 Å². The first-order valence-corrected chi connectivity index (χ1v) is 10.9. The molecule has 1 aromatic heterocycles. The maximum absolute atomic E-state index is 13.3. The van der Waals surface area contributed by atoms with E-state index >= 15 is 0 Å². The van der Waals surface area contributed by atoms with Gasteiger partial charge in [0.2, 0.25) is 5.91 Å². The van der Waals surface area contributed by atoms with Crippen molar-refractivity contribution in [1.82, 2.24) is 25.2 Å². The van der Waals surface area contributed by atoms with Crippen LogP contribution in [0.4, 0.5) is 0 Å². The first-order valence-electron chi connectivity index (χ1n) is 10.9. The first-order chi connectivity index (χ1) is 15.1. The van der Waals surface area contributed by atoms with Crippen molar-refractivity contribution in [2.75, 3.05) is 33.4 Å². The maximum Gasteiger partial charge on any atom is 0.257 e. The van der Waals surface area contributed by atoms with Gasteiger partial charge < -0.3 is 19.7 Å². The molecule has 1 N–H and O–H groups in total. The summed E-state index contributed by atoms with van der Waals surface area (Å²) in [6.45, 7) is 2.86. The Morgan fingerprint density at radius 1 is 1.19 bits per heavy atom. The van der Waals surface area contributed by atoms with Gasteiger partial charge in [-0.15, -0.1) is 5.10 Å². The number of carbonyl (C=O) groups excluding carboxylic acids is 2. The summed E-state index contributed by atoms with van der Waals surface area (Å²) < 4.78 is 13.0. The van der Waals surface area contributed by atoms with E-state index in [9.17, 15) is 9.59 Å². The molecule has 0 aliphatic carbocycles. The summed E-state index contributed by atoms with van der Waals surface area (Å²) in [5.41, 5.74) is 1.31. The number of amides is 2. The lowest BCUT2D eigenvalue weighted by Crippen LogP contribution is -2.41. The van der Waals surface area contributed by atoms with Gasteiger partial charge >= 0.3 is 0 Å². The predicted molar refractivity (Wildman–Crippen MR) is 113 cm³/mol. The normalized spacial score (nSPS) is 20.7. The number of aryl methyl sites for hydroxylation is 1. The zero-order valence-electron chi connectivity index (χ0n) is 17.9. The average molecular weight is 428 g/mol. The van der Waals surface area contributed by atoms with Crippen molar-refractivity contribution in [3.05, 3.63) is 35.7 Å². The minimum atomic E-state index is -0.0319. The van der Waals surface area contributed by atoms with E-state index in [1.807, 2.05) is 11.1 Å². The summed E-state index contributed by atoms with van der Waals surface area (Å²) in [6, 6.07) is 5.31. The van der Waals surface area contributed by atoms with E-state index in [1.54, 1.807) is 30.0 Å². The number of hydrogen-bond donors (Lipinski definition) is 1. The monoisotopic (exact) mass is 427 g/mol. The highest BCUT2D eigenvalue weighted by Crippen LogP contribution is 2.28. The smallest absolute Gasteiger partial charge is 0.257 e. The fourth-order valence-corrected chi connectivity index (χ4v) is 4.14. The summed E-state index contributed by atoms with van der Waals surface area (Å²) >= 11 is 0. The third kappa shape index (κ3) is 5.34. The number of rotatable bonds is 1. The second-order valence-electron chi connectivity index (χ2n) is 8.08. The molecule has 3 heterocycles. The van der Waals surface area contributed by atoms with Crippen LogP contribution in [0.1, 0.15) is 41.7 Å². The largest absolute Gasteiger partial charge is 0.497 e. The van der Waals surface area contributed by atoms with Gasteiger partial charge in [0, 0.05) is 44.7 Å². The summed E-state index contributed by atoms with van der Waals surface area (Å²) in [7, 11) is 1.59. The Bertz CT molecular complexity index is 928. The molecule has 0 spiro atoms. The lowest BCUT2D eigenvalue weighted by molar-refractivity contribution is -0.121.